The molecular weight excluding hydrogens is 436 g/mol. The van der Waals surface area contributed by atoms with Gasteiger partial charge in [0.15, 0.2) is 0 Å². The number of nitrogens with zero attached hydrogens (tertiary/aromatic N) is 2. The third-order valence-corrected chi connectivity index (χ3v) is 5.67. The fourth-order valence-corrected chi connectivity index (χ4v) is 4.10. The molecule has 0 fully saturated rings. The lowest BCUT2D eigenvalue weighted by Crippen LogP contribution is -2.28. The van der Waals surface area contributed by atoms with Gasteiger partial charge in [-0.15, -0.1) is 0 Å². The molecule has 0 saturated heterocycles. The average Bonchev–Trinajstić information content (AvgIpc) is 3.39. The molecule has 0 bridgehead atoms. The van der Waals surface area contributed by atoms with E-state index in [9.17, 15) is 14.4 Å². The van der Waals surface area contributed by atoms with Crippen molar-refractivity contribution in [1.29, 1.82) is 0 Å². The van der Waals surface area contributed by atoms with Crippen molar-refractivity contribution in [3.63, 3.8) is 0 Å². The molecule has 0 saturated carbocycles. The number of carboxylic acids is 1. The number of rotatable bonds is 10. The molecule has 2 amide bonds. The van der Waals surface area contributed by atoms with E-state index in [0.717, 1.165) is 22.3 Å². The molecule has 0 spiro atoms. The molecule has 1 aromatic heterocycles. The van der Waals surface area contributed by atoms with Crippen LogP contribution in [0, 0.1) is 0 Å². The van der Waals surface area contributed by atoms with E-state index in [0.29, 0.717) is 25.1 Å². The summed E-state index contributed by atoms with van der Waals surface area (Å²) < 4.78 is 6.93. The van der Waals surface area contributed by atoms with Gasteiger partial charge in [-0.25, -0.2) is 4.79 Å². The Morgan fingerprint density at radius 3 is 2.35 bits per heavy atom. The number of ether oxygens (including phenoxy) is 1. The fourth-order valence-electron chi connectivity index (χ4n) is 4.10. The van der Waals surface area contributed by atoms with Gasteiger partial charge in [0.25, 0.3) is 0 Å². The summed E-state index contributed by atoms with van der Waals surface area (Å²) >= 11 is 0. The lowest BCUT2D eigenvalue weighted by Gasteiger charge is -2.14. The van der Waals surface area contributed by atoms with E-state index in [1.807, 2.05) is 24.3 Å². The average molecular weight is 463 g/mol. The van der Waals surface area contributed by atoms with Gasteiger partial charge in [-0.2, -0.15) is 5.10 Å². The number of aromatic nitrogens is 2. The lowest BCUT2D eigenvalue weighted by molar-refractivity contribution is -0.137. The topological polar surface area (TPSA) is 123 Å². The SMILES string of the molecule is O=C(O)CCCCNC(=O)Cn1cc(NC(=O)OCC2c3ccccc3-c3ccccc32)cn1. The van der Waals surface area contributed by atoms with Gasteiger partial charge in [0.2, 0.25) is 5.91 Å². The number of anilines is 1. The van der Waals surface area contributed by atoms with E-state index in [1.54, 1.807) is 6.20 Å². The standard InChI is InChI=1S/C25H26N4O5/c30-23(26-12-6-5-11-24(31)32)15-29-14-17(13-27-29)28-25(33)34-16-22-20-9-3-1-7-18(20)19-8-2-4-10-21(19)22/h1-4,7-10,13-14,22H,5-6,11-12,15-16H2,(H,26,30)(H,28,33)(H,31,32). The monoisotopic (exact) mass is 462 g/mol. The quantitative estimate of drug-likeness (QED) is 0.396. The molecule has 3 N–H and O–H groups in total. The number of amides is 2. The predicted octanol–water partition coefficient (Wildman–Crippen LogP) is 3.62. The van der Waals surface area contributed by atoms with Crippen molar-refractivity contribution in [2.24, 2.45) is 0 Å². The summed E-state index contributed by atoms with van der Waals surface area (Å²) in [5, 5.41) is 18.1. The number of hydrogen-bond acceptors (Lipinski definition) is 5. The molecule has 4 rings (SSSR count). The minimum absolute atomic E-state index is 0.00863. The molecule has 2 aromatic carbocycles. The Bertz CT molecular complexity index is 1140. The van der Waals surface area contributed by atoms with E-state index in [4.69, 9.17) is 9.84 Å². The third-order valence-electron chi connectivity index (χ3n) is 5.67. The van der Waals surface area contributed by atoms with Crippen molar-refractivity contribution in [3.05, 3.63) is 72.1 Å². The van der Waals surface area contributed by atoms with Crippen molar-refractivity contribution < 1.29 is 24.2 Å². The molecule has 34 heavy (non-hydrogen) atoms. The summed E-state index contributed by atoms with van der Waals surface area (Å²) in [5.74, 6) is -1.12. The van der Waals surface area contributed by atoms with E-state index in [-0.39, 0.29) is 31.4 Å². The Morgan fingerprint density at radius 2 is 1.68 bits per heavy atom. The Labute approximate surface area is 196 Å². The lowest BCUT2D eigenvalue weighted by atomic mass is 9.98. The molecule has 0 aliphatic heterocycles. The summed E-state index contributed by atoms with van der Waals surface area (Å²) in [4.78, 5) is 34.9. The third kappa shape index (κ3) is 5.61. The second kappa shape index (κ2) is 10.7. The van der Waals surface area contributed by atoms with Gasteiger partial charge in [0, 0.05) is 25.1 Å². The fraction of sp³-hybridized carbons (Fsp3) is 0.280. The summed E-state index contributed by atoms with van der Waals surface area (Å²) in [6.45, 7) is 0.599. The first-order valence-electron chi connectivity index (χ1n) is 11.1. The first-order valence-corrected chi connectivity index (χ1v) is 11.1. The van der Waals surface area contributed by atoms with Crippen molar-refractivity contribution in [2.75, 3.05) is 18.5 Å². The van der Waals surface area contributed by atoms with Crippen LogP contribution in [-0.4, -0.2) is 46.0 Å². The van der Waals surface area contributed by atoms with Crippen molar-refractivity contribution in [2.45, 2.75) is 31.7 Å². The van der Waals surface area contributed by atoms with E-state index in [2.05, 4.69) is 40.0 Å². The second-order valence-corrected chi connectivity index (χ2v) is 8.08. The first kappa shape index (κ1) is 23.0. The number of benzene rings is 2. The molecule has 9 heteroatoms. The number of hydrogen-bond donors (Lipinski definition) is 3. The number of unbranched alkanes of at least 4 members (excludes halogenated alkanes) is 1. The van der Waals surface area contributed by atoms with Crippen LogP contribution < -0.4 is 10.6 Å². The molecular formula is C25H26N4O5. The highest BCUT2D eigenvalue weighted by Crippen LogP contribution is 2.44. The van der Waals surface area contributed by atoms with Gasteiger partial charge in [-0.3, -0.25) is 19.6 Å². The number of fused-ring (bicyclic) bond motifs is 3. The summed E-state index contributed by atoms with van der Waals surface area (Å²) in [7, 11) is 0. The Kier molecular flexibility index (Phi) is 7.22. The van der Waals surface area contributed by atoms with Gasteiger partial charge in [-0.1, -0.05) is 48.5 Å². The minimum Gasteiger partial charge on any atom is -0.481 e. The maximum absolute atomic E-state index is 12.4. The van der Waals surface area contributed by atoms with E-state index < -0.39 is 12.1 Å². The number of carbonyl (C=O) groups is 3. The molecule has 1 heterocycles. The van der Waals surface area contributed by atoms with Crippen LogP contribution in [0.3, 0.4) is 0 Å². The van der Waals surface area contributed by atoms with Gasteiger partial charge in [0.05, 0.1) is 11.9 Å². The minimum atomic E-state index is -0.848. The second-order valence-electron chi connectivity index (χ2n) is 8.08. The Morgan fingerprint density at radius 1 is 1.00 bits per heavy atom. The highest BCUT2D eigenvalue weighted by Gasteiger charge is 2.29. The molecule has 9 nitrogen and oxygen atoms in total. The first-order chi connectivity index (χ1) is 16.5. The zero-order valence-electron chi connectivity index (χ0n) is 18.6. The number of carboxylic acid groups (broad SMARTS) is 1. The highest BCUT2D eigenvalue weighted by molar-refractivity contribution is 5.85. The highest BCUT2D eigenvalue weighted by atomic mass is 16.5. The van der Waals surface area contributed by atoms with E-state index in [1.165, 1.54) is 10.9 Å². The van der Waals surface area contributed by atoms with Crippen LogP contribution >= 0.6 is 0 Å². The number of aliphatic carboxylic acids is 1. The summed E-state index contributed by atoms with van der Waals surface area (Å²) in [6, 6.07) is 16.2. The van der Waals surface area contributed by atoms with E-state index >= 15 is 0 Å². The largest absolute Gasteiger partial charge is 0.481 e. The molecule has 0 radical (unpaired) electrons. The smallest absolute Gasteiger partial charge is 0.411 e. The van der Waals surface area contributed by atoms with Gasteiger partial charge >= 0.3 is 12.1 Å². The zero-order valence-corrected chi connectivity index (χ0v) is 18.6. The molecule has 1 aliphatic rings. The van der Waals surface area contributed by atoms with Crippen LogP contribution in [0.15, 0.2) is 60.9 Å². The Balaban J connectivity index is 1.25. The number of nitrogens with one attached hydrogen (secondary N) is 2. The van der Waals surface area contributed by atoms with Crippen LogP contribution in [0.5, 0.6) is 0 Å². The van der Waals surface area contributed by atoms with Crippen molar-refractivity contribution >= 4 is 23.7 Å². The van der Waals surface area contributed by atoms with Crippen molar-refractivity contribution in [3.8, 4) is 11.1 Å². The normalized spacial score (nSPS) is 12.0. The van der Waals surface area contributed by atoms with Gasteiger partial charge < -0.3 is 15.2 Å². The van der Waals surface area contributed by atoms with Gasteiger partial charge in [-0.05, 0) is 35.1 Å². The molecule has 0 unspecified atom stereocenters. The molecule has 0 atom stereocenters. The van der Waals surface area contributed by atoms with Gasteiger partial charge in [0.1, 0.15) is 13.2 Å². The maximum atomic E-state index is 12.4. The van der Waals surface area contributed by atoms with Crippen molar-refractivity contribution in [1.82, 2.24) is 15.1 Å². The summed E-state index contributed by atoms with van der Waals surface area (Å²) in [6.07, 6.45) is 3.58. The zero-order chi connectivity index (χ0) is 23.9. The molecule has 1 aliphatic carbocycles. The van der Waals surface area contributed by atoms with Crippen LogP contribution in [0.4, 0.5) is 10.5 Å². The van der Waals surface area contributed by atoms with Crippen LogP contribution in [0.2, 0.25) is 0 Å². The maximum Gasteiger partial charge on any atom is 0.411 e. The Hall–Kier alpha value is -4.14. The summed E-state index contributed by atoms with van der Waals surface area (Å²) in [5.41, 5.74) is 5.02. The number of carbonyl (C=O) groups excluding carboxylic acids is 2. The van der Waals surface area contributed by atoms with Crippen LogP contribution in [-0.2, 0) is 20.9 Å². The van der Waals surface area contributed by atoms with Crippen LogP contribution in [0.25, 0.3) is 11.1 Å². The van der Waals surface area contributed by atoms with Crippen LogP contribution in [0.1, 0.15) is 36.3 Å². The molecule has 176 valence electrons. The predicted molar refractivity (Wildman–Crippen MR) is 125 cm³/mol. The molecule has 3 aromatic rings.